The smallest absolute Gasteiger partial charge is 0.228 e. The maximum atomic E-state index is 6.18. The predicted molar refractivity (Wildman–Crippen MR) is 97.0 cm³/mol. The van der Waals surface area contributed by atoms with Gasteiger partial charge in [-0.1, -0.05) is 0 Å². The van der Waals surface area contributed by atoms with E-state index >= 15 is 0 Å². The first kappa shape index (κ1) is 17.5. The molecule has 3 aliphatic rings. The minimum absolute atomic E-state index is 0.0281. The van der Waals surface area contributed by atoms with Crippen LogP contribution < -0.4 is 10.1 Å². The summed E-state index contributed by atoms with van der Waals surface area (Å²) in [7, 11) is 1.67. The van der Waals surface area contributed by atoms with Gasteiger partial charge in [0.2, 0.25) is 5.88 Å². The van der Waals surface area contributed by atoms with Gasteiger partial charge in [0.1, 0.15) is 0 Å². The van der Waals surface area contributed by atoms with Crippen molar-refractivity contribution in [3.8, 4) is 5.88 Å². The van der Waals surface area contributed by atoms with E-state index in [0.29, 0.717) is 18.0 Å². The fourth-order valence-corrected chi connectivity index (χ4v) is 5.25. The molecule has 3 saturated heterocycles. The van der Waals surface area contributed by atoms with Crippen molar-refractivity contribution in [2.45, 2.75) is 48.8 Å². The Labute approximate surface area is 153 Å². The normalized spacial score (nSPS) is 26.7. The zero-order valence-electron chi connectivity index (χ0n) is 15.0. The first-order valence-corrected chi connectivity index (χ1v) is 9.84. The maximum absolute atomic E-state index is 6.18. The van der Waals surface area contributed by atoms with Gasteiger partial charge in [-0.15, -0.1) is 0 Å². The molecule has 6 nitrogen and oxygen atoms in total. The number of nitrogens with zero attached hydrogens (tertiary/aromatic N) is 2. The molecule has 25 heavy (non-hydrogen) atoms. The fraction of sp³-hybridized carbons (Fsp3) is 0.722. The molecule has 4 heterocycles. The van der Waals surface area contributed by atoms with Crippen LogP contribution in [0.1, 0.15) is 24.8 Å². The lowest BCUT2D eigenvalue weighted by molar-refractivity contribution is -0.0736. The van der Waals surface area contributed by atoms with Gasteiger partial charge in [0.05, 0.1) is 24.2 Å². The topological polar surface area (TPSA) is 55.9 Å². The number of nitrogens with one attached hydrogen (secondary N) is 1. The SMILES string of the molecule is COc1ncc(C)cc1SN1CC2(CC(NC3CCOCC3)CO2)C1. The van der Waals surface area contributed by atoms with E-state index < -0.39 is 0 Å². The molecule has 138 valence electrons. The van der Waals surface area contributed by atoms with Gasteiger partial charge in [-0.05, 0) is 49.8 Å². The van der Waals surface area contributed by atoms with Crippen LogP contribution >= 0.6 is 11.9 Å². The van der Waals surface area contributed by atoms with Gasteiger partial charge in [-0.2, -0.15) is 0 Å². The summed E-state index contributed by atoms with van der Waals surface area (Å²) in [6.07, 6.45) is 5.18. The minimum atomic E-state index is 0.0281. The summed E-state index contributed by atoms with van der Waals surface area (Å²) in [6, 6.07) is 3.20. The van der Waals surface area contributed by atoms with E-state index in [1.54, 1.807) is 19.1 Å². The van der Waals surface area contributed by atoms with Gasteiger partial charge in [-0.3, -0.25) is 0 Å². The Morgan fingerprint density at radius 1 is 1.32 bits per heavy atom. The van der Waals surface area contributed by atoms with Crippen molar-refractivity contribution in [1.29, 1.82) is 0 Å². The van der Waals surface area contributed by atoms with Crippen molar-refractivity contribution in [2.75, 3.05) is 40.0 Å². The lowest BCUT2D eigenvalue weighted by atomic mass is 9.91. The van der Waals surface area contributed by atoms with E-state index in [1.165, 1.54) is 0 Å². The molecular formula is C18H27N3O3S. The number of hydrogen-bond acceptors (Lipinski definition) is 7. The average Bonchev–Trinajstić information content (AvgIpc) is 3.00. The highest BCUT2D eigenvalue weighted by molar-refractivity contribution is 7.97. The second-order valence-electron chi connectivity index (χ2n) is 7.36. The molecule has 0 aromatic carbocycles. The number of hydrogen-bond donors (Lipinski definition) is 1. The minimum Gasteiger partial charge on any atom is -0.480 e. The standard InChI is InChI=1S/C18H27N3O3S/c1-13-7-16(17(22-2)19-9-13)25-21-11-18(12-21)8-15(10-24-18)20-14-3-5-23-6-4-14/h7,9,14-15,20H,3-6,8,10-12H2,1-2H3. The molecule has 0 bridgehead atoms. The van der Waals surface area contributed by atoms with Crippen LogP contribution in [0.5, 0.6) is 5.88 Å². The van der Waals surface area contributed by atoms with Crippen LogP contribution in [-0.4, -0.2) is 67.0 Å². The molecule has 0 amide bonds. The molecule has 1 spiro atoms. The second-order valence-corrected chi connectivity index (χ2v) is 8.50. The quantitative estimate of drug-likeness (QED) is 0.801. The molecule has 0 saturated carbocycles. The van der Waals surface area contributed by atoms with Crippen molar-refractivity contribution < 1.29 is 14.2 Å². The Kier molecular flexibility index (Phi) is 5.20. The number of aryl methyl sites for hydroxylation is 1. The van der Waals surface area contributed by atoms with Crippen LogP contribution in [-0.2, 0) is 9.47 Å². The molecule has 3 aliphatic heterocycles. The Morgan fingerprint density at radius 2 is 2.12 bits per heavy atom. The first-order valence-electron chi connectivity index (χ1n) is 9.07. The third-order valence-electron chi connectivity index (χ3n) is 5.21. The van der Waals surface area contributed by atoms with Gasteiger partial charge in [0.25, 0.3) is 0 Å². The van der Waals surface area contributed by atoms with E-state index in [9.17, 15) is 0 Å². The predicted octanol–water partition coefficient (Wildman–Crippen LogP) is 2.02. The maximum Gasteiger partial charge on any atom is 0.228 e. The number of pyridine rings is 1. The first-order chi connectivity index (χ1) is 12.2. The summed E-state index contributed by atoms with van der Waals surface area (Å²) < 4.78 is 19.3. The Balaban J connectivity index is 1.28. The van der Waals surface area contributed by atoms with Crippen molar-refractivity contribution in [3.63, 3.8) is 0 Å². The van der Waals surface area contributed by atoms with E-state index in [0.717, 1.165) is 62.6 Å². The van der Waals surface area contributed by atoms with Crippen molar-refractivity contribution >= 4 is 11.9 Å². The van der Waals surface area contributed by atoms with Gasteiger partial charge in [0.15, 0.2) is 0 Å². The highest BCUT2D eigenvalue weighted by atomic mass is 32.2. The van der Waals surface area contributed by atoms with Gasteiger partial charge < -0.3 is 19.5 Å². The lowest BCUT2D eigenvalue weighted by Crippen LogP contribution is -2.59. The van der Waals surface area contributed by atoms with Crippen LogP contribution in [0.2, 0.25) is 0 Å². The Bertz CT molecular complexity index is 603. The third kappa shape index (κ3) is 3.95. The summed E-state index contributed by atoms with van der Waals surface area (Å²) in [6.45, 7) is 6.56. The molecule has 1 atom stereocenters. The highest BCUT2D eigenvalue weighted by Gasteiger charge is 2.50. The molecule has 7 heteroatoms. The van der Waals surface area contributed by atoms with Crippen LogP contribution in [0.25, 0.3) is 0 Å². The number of rotatable bonds is 5. The van der Waals surface area contributed by atoms with E-state index in [1.807, 2.05) is 6.20 Å². The van der Waals surface area contributed by atoms with Crippen LogP contribution in [0.3, 0.4) is 0 Å². The Morgan fingerprint density at radius 3 is 2.88 bits per heavy atom. The second kappa shape index (κ2) is 7.40. The van der Waals surface area contributed by atoms with E-state index in [2.05, 4.69) is 27.6 Å². The van der Waals surface area contributed by atoms with Crippen molar-refractivity contribution in [3.05, 3.63) is 17.8 Å². The molecule has 1 N–H and O–H groups in total. The molecule has 4 rings (SSSR count). The summed E-state index contributed by atoms with van der Waals surface area (Å²) in [5.74, 6) is 0.697. The zero-order valence-corrected chi connectivity index (χ0v) is 15.8. The van der Waals surface area contributed by atoms with Gasteiger partial charge in [0, 0.05) is 44.6 Å². The van der Waals surface area contributed by atoms with Crippen LogP contribution in [0.4, 0.5) is 0 Å². The van der Waals surface area contributed by atoms with E-state index in [4.69, 9.17) is 14.2 Å². The largest absolute Gasteiger partial charge is 0.480 e. The number of aromatic nitrogens is 1. The fourth-order valence-electron chi connectivity index (χ4n) is 3.92. The van der Waals surface area contributed by atoms with Crippen molar-refractivity contribution in [2.24, 2.45) is 0 Å². The molecule has 1 unspecified atom stereocenters. The Hall–Kier alpha value is -0.860. The molecule has 1 aromatic heterocycles. The van der Waals surface area contributed by atoms with Crippen LogP contribution in [0.15, 0.2) is 17.2 Å². The highest BCUT2D eigenvalue weighted by Crippen LogP contribution is 2.42. The molecule has 3 fully saturated rings. The molecule has 0 radical (unpaired) electrons. The third-order valence-corrected chi connectivity index (χ3v) is 6.21. The molecular weight excluding hydrogens is 338 g/mol. The van der Waals surface area contributed by atoms with Gasteiger partial charge >= 0.3 is 0 Å². The van der Waals surface area contributed by atoms with Crippen LogP contribution in [0, 0.1) is 6.92 Å². The summed E-state index contributed by atoms with van der Waals surface area (Å²) >= 11 is 1.72. The van der Waals surface area contributed by atoms with Gasteiger partial charge in [-0.25, -0.2) is 9.29 Å². The number of ether oxygens (including phenoxy) is 3. The molecule has 0 aliphatic carbocycles. The van der Waals surface area contributed by atoms with E-state index in [-0.39, 0.29) is 5.60 Å². The number of methoxy groups -OCH3 is 1. The summed E-state index contributed by atoms with van der Waals surface area (Å²) in [5.41, 5.74) is 1.18. The summed E-state index contributed by atoms with van der Waals surface area (Å²) in [4.78, 5) is 5.43. The van der Waals surface area contributed by atoms with Crippen molar-refractivity contribution in [1.82, 2.24) is 14.6 Å². The average molecular weight is 365 g/mol. The zero-order chi connectivity index (χ0) is 17.3. The summed E-state index contributed by atoms with van der Waals surface area (Å²) in [5, 5.41) is 3.77. The lowest BCUT2D eigenvalue weighted by Gasteiger charge is -2.46. The molecule has 1 aromatic rings. The monoisotopic (exact) mass is 365 g/mol.